The van der Waals surface area contributed by atoms with Gasteiger partial charge >= 0.3 is 0 Å². The largest absolute Gasteiger partial charge is 1.00 e. The van der Waals surface area contributed by atoms with Crippen molar-refractivity contribution in [1.82, 2.24) is 0 Å². The Morgan fingerprint density at radius 2 is 1.82 bits per heavy atom. The quantitative estimate of drug-likeness (QED) is 0.300. The summed E-state index contributed by atoms with van der Waals surface area (Å²) in [5, 5.41) is 0. The molecule has 0 fully saturated rings. The second-order valence-corrected chi connectivity index (χ2v) is 3.49. The van der Waals surface area contributed by atoms with Crippen LogP contribution in [-0.2, 0) is 4.74 Å². The Balaban J connectivity index is 0. The minimum absolute atomic E-state index is 0. The fraction of sp³-hybridized carbons (Fsp3) is 1.00. The first-order valence-electron chi connectivity index (χ1n) is 3.51. The van der Waals surface area contributed by atoms with Gasteiger partial charge in [-0.3, -0.25) is 0 Å². The van der Waals surface area contributed by atoms with E-state index < -0.39 is 0 Å². The van der Waals surface area contributed by atoms with E-state index in [0.717, 1.165) is 11.1 Å². The van der Waals surface area contributed by atoms with E-state index in [4.69, 9.17) is 16.3 Å². The smallest absolute Gasteiger partial charge is 0.206 e. The first-order chi connectivity index (χ1) is 4.52. The SMILES string of the molecule is CCOC(CCl)[N+](C)(C)C.[Cl-]. The zero-order valence-electron chi connectivity index (χ0n) is 7.60. The van der Waals surface area contributed by atoms with Crippen molar-refractivity contribution in [3.05, 3.63) is 0 Å². The van der Waals surface area contributed by atoms with E-state index in [-0.39, 0.29) is 18.6 Å². The van der Waals surface area contributed by atoms with Gasteiger partial charge in [-0.25, -0.2) is 0 Å². The number of nitrogens with zero attached hydrogens (tertiary/aromatic N) is 1. The van der Waals surface area contributed by atoms with Gasteiger partial charge in [0.05, 0.1) is 27.7 Å². The van der Waals surface area contributed by atoms with E-state index >= 15 is 0 Å². The summed E-state index contributed by atoms with van der Waals surface area (Å²) < 4.78 is 6.16. The highest BCUT2D eigenvalue weighted by molar-refractivity contribution is 6.18. The molecule has 70 valence electrons. The third kappa shape index (κ3) is 5.74. The van der Waals surface area contributed by atoms with Crippen LogP contribution in [0.25, 0.3) is 0 Å². The molecular formula is C7H17Cl2NO. The number of quaternary nitrogens is 1. The zero-order chi connectivity index (χ0) is 8.20. The molecule has 0 saturated carbocycles. The molecule has 2 nitrogen and oxygen atoms in total. The van der Waals surface area contributed by atoms with Crippen LogP contribution in [0, 0.1) is 0 Å². The van der Waals surface area contributed by atoms with Crippen molar-refractivity contribution < 1.29 is 21.6 Å². The molecule has 1 atom stereocenters. The lowest BCUT2D eigenvalue weighted by atomic mass is 10.5. The van der Waals surface area contributed by atoms with Crippen LogP contribution in [0.15, 0.2) is 0 Å². The van der Waals surface area contributed by atoms with Crippen LogP contribution in [0.5, 0.6) is 0 Å². The second-order valence-electron chi connectivity index (χ2n) is 3.18. The Morgan fingerprint density at radius 1 is 1.36 bits per heavy atom. The molecule has 0 aliphatic carbocycles. The topological polar surface area (TPSA) is 9.23 Å². The molecule has 0 spiro atoms. The van der Waals surface area contributed by atoms with Gasteiger partial charge in [0.1, 0.15) is 5.88 Å². The van der Waals surface area contributed by atoms with Gasteiger partial charge in [-0.1, -0.05) is 0 Å². The third-order valence-electron chi connectivity index (χ3n) is 1.36. The van der Waals surface area contributed by atoms with Crippen molar-refractivity contribution in [3.8, 4) is 0 Å². The summed E-state index contributed by atoms with van der Waals surface area (Å²) in [5.41, 5.74) is 0. The molecule has 0 aliphatic rings. The fourth-order valence-electron chi connectivity index (χ4n) is 0.668. The molecule has 0 aliphatic heterocycles. The summed E-state index contributed by atoms with van der Waals surface area (Å²) >= 11 is 5.69. The highest BCUT2D eigenvalue weighted by atomic mass is 35.5. The van der Waals surface area contributed by atoms with Crippen LogP contribution in [-0.4, -0.2) is 44.3 Å². The van der Waals surface area contributed by atoms with Crippen molar-refractivity contribution in [1.29, 1.82) is 0 Å². The number of alkyl halides is 1. The van der Waals surface area contributed by atoms with Crippen LogP contribution in [0.3, 0.4) is 0 Å². The zero-order valence-corrected chi connectivity index (χ0v) is 9.11. The van der Waals surface area contributed by atoms with E-state index in [1.807, 2.05) is 6.92 Å². The Bertz CT molecular complexity index is 92.9. The van der Waals surface area contributed by atoms with Crippen molar-refractivity contribution in [2.75, 3.05) is 33.6 Å². The number of hydrogen-bond donors (Lipinski definition) is 0. The van der Waals surface area contributed by atoms with E-state index in [1.54, 1.807) is 0 Å². The van der Waals surface area contributed by atoms with Crippen LogP contribution >= 0.6 is 11.6 Å². The van der Waals surface area contributed by atoms with Crippen molar-refractivity contribution in [2.24, 2.45) is 0 Å². The maximum atomic E-state index is 5.69. The average Bonchev–Trinajstić information content (AvgIpc) is 1.80. The van der Waals surface area contributed by atoms with Gasteiger partial charge in [-0.15, -0.1) is 11.6 Å². The van der Waals surface area contributed by atoms with Crippen LogP contribution < -0.4 is 12.4 Å². The third-order valence-corrected chi connectivity index (χ3v) is 1.62. The van der Waals surface area contributed by atoms with Crippen molar-refractivity contribution >= 4 is 11.6 Å². The lowest BCUT2D eigenvalue weighted by molar-refractivity contribution is -0.916. The Labute approximate surface area is 80.5 Å². The highest BCUT2D eigenvalue weighted by Crippen LogP contribution is 2.05. The van der Waals surface area contributed by atoms with E-state index in [1.165, 1.54) is 0 Å². The summed E-state index contributed by atoms with van der Waals surface area (Å²) in [4.78, 5) is 0. The second kappa shape index (κ2) is 6.06. The maximum Gasteiger partial charge on any atom is 0.206 e. The van der Waals surface area contributed by atoms with E-state index in [0.29, 0.717) is 5.88 Å². The van der Waals surface area contributed by atoms with Gasteiger partial charge < -0.3 is 21.6 Å². The standard InChI is InChI=1S/C7H17ClNO.ClH/c1-5-10-7(6-8)9(2,3)4;/h7H,5-6H2,1-4H3;1H/q+1;/p-1. The number of rotatable bonds is 4. The molecule has 1 unspecified atom stereocenters. The molecule has 11 heavy (non-hydrogen) atoms. The molecular weight excluding hydrogens is 185 g/mol. The number of ether oxygens (including phenoxy) is 1. The highest BCUT2D eigenvalue weighted by Gasteiger charge is 2.22. The molecule has 0 aromatic rings. The Kier molecular flexibility index (Phi) is 7.75. The van der Waals surface area contributed by atoms with Gasteiger partial charge in [-0.2, -0.15) is 0 Å². The molecule has 0 aromatic carbocycles. The van der Waals surface area contributed by atoms with Crippen molar-refractivity contribution in [2.45, 2.75) is 13.2 Å². The molecule has 0 heterocycles. The summed E-state index contributed by atoms with van der Waals surface area (Å²) in [6.45, 7) is 2.71. The van der Waals surface area contributed by atoms with E-state index in [2.05, 4.69) is 21.1 Å². The monoisotopic (exact) mass is 201 g/mol. The summed E-state index contributed by atoms with van der Waals surface area (Å²) in [5.74, 6) is 0.553. The molecule has 0 N–H and O–H groups in total. The maximum absolute atomic E-state index is 5.69. The molecule has 0 rings (SSSR count). The molecule has 0 amide bonds. The number of halogens is 2. The molecule has 4 heteroatoms. The van der Waals surface area contributed by atoms with Gasteiger partial charge in [-0.05, 0) is 6.92 Å². The lowest BCUT2D eigenvalue weighted by Gasteiger charge is -2.31. The summed E-state index contributed by atoms with van der Waals surface area (Å²) in [7, 11) is 6.22. The summed E-state index contributed by atoms with van der Waals surface area (Å²) in [6.07, 6.45) is 0.117. The first kappa shape index (κ1) is 14.0. The van der Waals surface area contributed by atoms with Crippen LogP contribution in [0.4, 0.5) is 0 Å². The minimum Gasteiger partial charge on any atom is -1.00 e. The normalized spacial score (nSPS) is 13.9. The molecule has 0 saturated heterocycles. The van der Waals surface area contributed by atoms with Crippen LogP contribution in [0.2, 0.25) is 0 Å². The lowest BCUT2D eigenvalue weighted by Crippen LogP contribution is -3.00. The predicted molar refractivity (Wildman–Crippen MR) is 44.2 cm³/mol. The Morgan fingerprint density at radius 3 is 1.91 bits per heavy atom. The molecule has 0 radical (unpaired) electrons. The van der Waals surface area contributed by atoms with Crippen LogP contribution in [0.1, 0.15) is 6.92 Å². The van der Waals surface area contributed by atoms with Crippen molar-refractivity contribution in [3.63, 3.8) is 0 Å². The van der Waals surface area contributed by atoms with Gasteiger partial charge in [0, 0.05) is 0 Å². The minimum atomic E-state index is 0. The Hall–Kier alpha value is 0.500. The van der Waals surface area contributed by atoms with E-state index in [9.17, 15) is 0 Å². The van der Waals surface area contributed by atoms with Gasteiger partial charge in [0.15, 0.2) is 0 Å². The van der Waals surface area contributed by atoms with Gasteiger partial charge in [0.25, 0.3) is 0 Å². The predicted octanol–water partition coefficient (Wildman–Crippen LogP) is -1.70. The summed E-state index contributed by atoms with van der Waals surface area (Å²) in [6, 6.07) is 0. The molecule has 0 aromatic heterocycles. The molecule has 0 bridgehead atoms. The average molecular weight is 202 g/mol. The fourth-order valence-corrected chi connectivity index (χ4v) is 1.17. The first-order valence-corrected chi connectivity index (χ1v) is 4.04. The number of hydrogen-bond acceptors (Lipinski definition) is 1. The van der Waals surface area contributed by atoms with Gasteiger partial charge in [0.2, 0.25) is 6.23 Å².